The van der Waals surface area contributed by atoms with Crippen molar-refractivity contribution in [1.82, 2.24) is 5.32 Å². The van der Waals surface area contributed by atoms with Gasteiger partial charge in [0.15, 0.2) is 0 Å². The van der Waals surface area contributed by atoms with Crippen LogP contribution < -0.4 is 5.32 Å². The van der Waals surface area contributed by atoms with E-state index in [2.05, 4.69) is 5.32 Å². The summed E-state index contributed by atoms with van der Waals surface area (Å²) in [7, 11) is 0. The van der Waals surface area contributed by atoms with Crippen molar-refractivity contribution in [3.05, 3.63) is 0 Å². The minimum Gasteiger partial charge on any atom is -0.466 e. The molecule has 2 atom stereocenters. The SMILES string of the molecule is CCOC(=O)C1CCC(O)(CNC(C)C(C)CO)CC1. The molecule has 0 bridgehead atoms. The van der Waals surface area contributed by atoms with E-state index in [1.54, 1.807) is 0 Å². The monoisotopic (exact) mass is 287 g/mol. The van der Waals surface area contributed by atoms with E-state index >= 15 is 0 Å². The van der Waals surface area contributed by atoms with Crippen LogP contribution in [0.2, 0.25) is 0 Å². The second-order valence-electron chi connectivity index (χ2n) is 6.08. The third kappa shape index (κ3) is 5.04. The molecule has 0 saturated heterocycles. The second kappa shape index (κ2) is 7.96. The van der Waals surface area contributed by atoms with Gasteiger partial charge in [0.1, 0.15) is 0 Å². The summed E-state index contributed by atoms with van der Waals surface area (Å²) in [5.41, 5.74) is -0.744. The third-order valence-electron chi connectivity index (χ3n) is 4.43. The van der Waals surface area contributed by atoms with E-state index < -0.39 is 5.60 Å². The molecule has 1 rings (SSSR count). The van der Waals surface area contributed by atoms with Crippen molar-refractivity contribution in [2.45, 2.75) is 58.1 Å². The number of ether oxygens (including phenoxy) is 1. The highest BCUT2D eigenvalue weighted by molar-refractivity contribution is 5.72. The van der Waals surface area contributed by atoms with Gasteiger partial charge in [-0.1, -0.05) is 6.92 Å². The Hall–Kier alpha value is -0.650. The zero-order valence-electron chi connectivity index (χ0n) is 12.9. The lowest BCUT2D eigenvalue weighted by Gasteiger charge is -2.36. The number of hydrogen-bond acceptors (Lipinski definition) is 5. The lowest BCUT2D eigenvalue weighted by molar-refractivity contribution is -0.151. The molecule has 20 heavy (non-hydrogen) atoms. The number of rotatable bonds is 7. The summed E-state index contributed by atoms with van der Waals surface area (Å²) in [4.78, 5) is 11.7. The summed E-state index contributed by atoms with van der Waals surface area (Å²) in [6, 6.07) is 0.159. The highest BCUT2D eigenvalue weighted by Gasteiger charge is 2.36. The molecule has 1 aliphatic rings. The van der Waals surface area contributed by atoms with E-state index in [0.29, 0.717) is 38.8 Å². The number of aliphatic hydroxyl groups excluding tert-OH is 1. The normalized spacial score (nSPS) is 29.8. The van der Waals surface area contributed by atoms with Gasteiger partial charge in [0.05, 0.1) is 18.1 Å². The average molecular weight is 287 g/mol. The third-order valence-corrected chi connectivity index (χ3v) is 4.43. The van der Waals surface area contributed by atoms with Crippen molar-refractivity contribution in [2.24, 2.45) is 11.8 Å². The van der Waals surface area contributed by atoms with Gasteiger partial charge in [-0.25, -0.2) is 0 Å². The van der Waals surface area contributed by atoms with Gasteiger partial charge in [-0.05, 0) is 45.4 Å². The lowest BCUT2D eigenvalue weighted by atomic mass is 9.78. The summed E-state index contributed by atoms with van der Waals surface area (Å²) in [5, 5.41) is 22.9. The Labute approximate surface area is 121 Å². The summed E-state index contributed by atoms with van der Waals surface area (Å²) >= 11 is 0. The average Bonchev–Trinajstić information content (AvgIpc) is 2.45. The molecule has 2 unspecified atom stereocenters. The van der Waals surface area contributed by atoms with Crippen molar-refractivity contribution in [2.75, 3.05) is 19.8 Å². The maximum atomic E-state index is 11.7. The van der Waals surface area contributed by atoms with Crippen LogP contribution in [0.1, 0.15) is 46.5 Å². The second-order valence-corrected chi connectivity index (χ2v) is 6.08. The van der Waals surface area contributed by atoms with Gasteiger partial charge in [0, 0.05) is 19.2 Å². The fourth-order valence-corrected chi connectivity index (χ4v) is 2.54. The Morgan fingerprint density at radius 1 is 1.40 bits per heavy atom. The van der Waals surface area contributed by atoms with Gasteiger partial charge in [-0.3, -0.25) is 4.79 Å². The Kier molecular flexibility index (Phi) is 6.92. The van der Waals surface area contributed by atoms with Crippen LogP contribution in [0, 0.1) is 11.8 Å². The van der Waals surface area contributed by atoms with E-state index in [0.717, 1.165) is 0 Å². The maximum Gasteiger partial charge on any atom is 0.308 e. The first kappa shape index (κ1) is 17.4. The smallest absolute Gasteiger partial charge is 0.308 e. The first-order chi connectivity index (χ1) is 9.41. The molecule has 118 valence electrons. The van der Waals surface area contributed by atoms with Crippen molar-refractivity contribution in [1.29, 1.82) is 0 Å². The highest BCUT2D eigenvalue weighted by Crippen LogP contribution is 2.32. The van der Waals surface area contributed by atoms with Crippen LogP contribution in [-0.2, 0) is 9.53 Å². The minimum atomic E-state index is -0.744. The van der Waals surface area contributed by atoms with Gasteiger partial charge in [0.25, 0.3) is 0 Å². The number of carbonyl (C=O) groups is 1. The van der Waals surface area contributed by atoms with Gasteiger partial charge in [-0.2, -0.15) is 0 Å². The molecule has 1 aliphatic carbocycles. The summed E-state index contributed by atoms with van der Waals surface area (Å²) in [6.07, 6.45) is 2.59. The zero-order valence-corrected chi connectivity index (χ0v) is 12.9. The van der Waals surface area contributed by atoms with E-state index in [1.807, 2.05) is 20.8 Å². The number of nitrogens with one attached hydrogen (secondary N) is 1. The van der Waals surface area contributed by atoms with Gasteiger partial charge < -0.3 is 20.3 Å². The Bertz CT molecular complexity index is 300. The number of hydrogen-bond donors (Lipinski definition) is 3. The zero-order chi connectivity index (χ0) is 15.2. The van der Waals surface area contributed by atoms with E-state index in [9.17, 15) is 9.90 Å². The molecule has 0 radical (unpaired) electrons. The number of carbonyl (C=O) groups excluding carboxylic acids is 1. The van der Waals surface area contributed by atoms with Crippen LogP contribution in [0.15, 0.2) is 0 Å². The largest absolute Gasteiger partial charge is 0.466 e. The molecule has 0 amide bonds. The minimum absolute atomic E-state index is 0.0657. The van der Waals surface area contributed by atoms with E-state index in [-0.39, 0.29) is 30.5 Å². The highest BCUT2D eigenvalue weighted by atomic mass is 16.5. The van der Waals surface area contributed by atoms with Gasteiger partial charge in [-0.15, -0.1) is 0 Å². The standard InChI is InChI=1S/C15H29NO4/c1-4-20-14(18)13-5-7-15(19,8-6-13)10-16-12(3)11(2)9-17/h11-13,16-17,19H,4-10H2,1-3H3. The van der Waals surface area contributed by atoms with Crippen LogP contribution in [-0.4, -0.2) is 47.6 Å². The predicted octanol–water partition coefficient (Wildman–Crippen LogP) is 1.08. The van der Waals surface area contributed by atoms with Crippen LogP contribution in [0.3, 0.4) is 0 Å². The van der Waals surface area contributed by atoms with Gasteiger partial charge in [0.2, 0.25) is 0 Å². The molecule has 0 aromatic heterocycles. The molecule has 1 saturated carbocycles. The first-order valence-corrected chi connectivity index (χ1v) is 7.65. The Morgan fingerprint density at radius 2 is 2.00 bits per heavy atom. The molecule has 5 nitrogen and oxygen atoms in total. The summed E-state index contributed by atoms with van der Waals surface area (Å²) in [6.45, 7) is 6.85. The van der Waals surface area contributed by atoms with Crippen molar-refractivity contribution >= 4 is 5.97 Å². The van der Waals surface area contributed by atoms with Gasteiger partial charge >= 0.3 is 5.97 Å². The number of esters is 1. The molecule has 0 heterocycles. The Balaban J connectivity index is 2.36. The maximum absolute atomic E-state index is 11.7. The predicted molar refractivity (Wildman–Crippen MR) is 77.3 cm³/mol. The fraction of sp³-hybridized carbons (Fsp3) is 0.933. The van der Waals surface area contributed by atoms with Crippen LogP contribution >= 0.6 is 0 Å². The summed E-state index contributed by atoms with van der Waals surface area (Å²) in [5.74, 6) is -0.0386. The van der Waals surface area contributed by atoms with Crippen LogP contribution in [0.4, 0.5) is 0 Å². The lowest BCUT2D eigenvalue weighted by Crippen LogP contribution is -2.48. The van der Waals surface area contributed by atoms with Crippen molar-refractivity contribution < 1.29 is 19.7 Å². The molecule has 1 fully saturated rings. The molecule has 0 aliphatic heterocycles. The van der Waals surface area contributed by atoms with Crippen LogP contribution in [0.25, 0.3) is 0 Å². The first-order valence-electron chi connectivity index (χ1n) is 7.65. The van der Waals surface area contributed by atoms with E-state index in [1.165, 1.54) is 0 Å². The molecular formula is C15H29NO4. The molecular weight excluding hydrogens is 258 g/mol. The molecule has 0 spiro atoms. The molecule has 0 aromatic carbocycles. The topological polar surface area (TPSA) is 78.8 Å². The molecule has 0 aromatic rings. The van der Waals surface area contributed by atoms with Crippen LogP contribution in [0.5, 0.6) is 0 Å². The molecule has 3 N–H and O–H groups in total. The number of aliphatic hydroxyl groups is 2. The fourth-order valence-electron chi connectivity index (χ4n) is 2.54. The van der Waals surface area contributed by atoms with Crippen molar-refractivity contribution in [3.8, 4) is 0 Å². The quantitative estimate of drug-likeness (QED) is 0.611. The molecule has 5 heteroatoms. The van der Waals surface area contributed by atoms with E-state index in [4.69, 9.17) is 9.84 Å². The van der Waals surface area contributed by atoms with Crippen molar-refractivity contribution in [3.63, 3.8) is 0 Å². The Morgan fingerprint density at radius 3 is 2.50 bits per heavy atom. The summed E-state index contributed by atoms with van der Waals surface area (Å²) < 4.78 is 5.03.